The van der Waals surface area contributed by atoms with Gasteiger partial charge in [-0.15, -0.1) is 0 Å². The number of benzene rings is 3. The standard InChI is InChI=1S/C27H30N4O5S2/c1-27(2,3)30-38(35,36)25-11-6-5-10-23(25)21-12-14-22(15-13-21)31(37(4,33)34)26(32)24(29)17-19-8-7-9-20(16-19)18-28/h5-16,24,30H,17,29H2,1-4H3/t24-/m0/s1. The maximum atomic E-state index is 13.2. The molecule has 38 heavy (non-hydrogen) atoms. The largest absolute Gasteiger partial charge is 0.320 e. The molecular weight excluding hydrogens is 524 g/mol. The highest BCUT2D eigenvalue weighted by atomic mass is 32.2. The average molecular weight is 555 g/mol. The summed E-state index contributed by atoms with van der Waals surface area (Å²) in [6, 6.07) is 19.8. The molecule has 0 aliphatic carbocycles. The number of sulfonamides is 2. The van der Waals surface area contributed by atoms with E-state index in [4.69, 9.17) is 11.0 Å². The predicted octanol–water partition coefficient (Wildman–Crippen LogP) is 3.16. The number of carbonyl (C=O) groups excluding carboxylic acids is 1. The molecule has 11 heteroatoms. The lowest BCUT2D eigenvalue weighted by molar-refractivity contribution is -0.118. The third-order valence-electron chi connectivity index (χ3n) is 5.39. The van der Waals surface area contributed by atoms with Crippen molar-refractivity contribution >= 4 is 31.6 Å². The van der Waals surface area contributed by atoms with Gasteiger partial charge in [-0.1, -0.05) is 42.5 Å². The number of nitrogens with two attached hydrogens (primary N) is 1. The minimum atomic E-state index is -4.05. The summed E-state index contributed by atoms with van der Waals surface area (Å²) in [4.78, 5) is 13.3. The zero-order valence-corrected chi connectivity index (χ0v) is 23.2. The SMILES string of the molecule is CC(C)(C)NS(=O)(=O)c1ccccc1-c1ccc(N(C(=O)[C@@H](N)Cc2cccc(C#N)c2)S(C)(=O)=O)cc1. The smallest absolute Gasteiger partial charge is 0.257 e. The minimum absolute atomic E-state index is 0.0322. The summed E-state index contributed by atoms with van der Waals surface area (Å²) in [5.74, 6) is -0.833. The van der Waals surface area contributed by atoms with Crippen molar-refractivity contribution < 1.29 is 21.6 Å². The summed E-state index contributed by atoms with van der Waals surface area (Å²) >= 11 is 0. The van der Waals surface area contributed by atoms with Crippen LogP contribution < -0.4 is 14.8 Å². The molecule has 200 valence electrons. The number of nitriles is 1. The summed E-state index contributed by atoms with van der Waals surface area (Å²) in [6.07, 6.45) is 0.937. The first-order valence-corrected chi connectivity index (χ1v) is 15.0. The van der Waals surface area contributed by atoms with E-state index in [1.54, 1.807) is 75.4 Å². The lowest BCUT2D eigenvalue weighted by Crippen LogP contribution is -2.47. The summed E-state index contributed by atoms with van der Waals surface area (Å²) in [5.41, 5.74) is 7.43. The van der Waals surface area contributed by atoms with Crippen LogP contribution in [0.5, 0.6) is 0 Å². The number of rotatable bonds is 8. The van der Waals surface area contributed by atoms with Crippen LogP contribution in [0.15, 0.2) is 77.7 Å². The second-order valence-corrected chi connectivity index (χ2v) is 13.4. The van der Waals surface area contributed by atoms with E-state index in [1.807, 2.05) is 6.07 Å². The second kappa shape index (κ2) is 11.0. The van der Waals surface area contributed by atoms with Crippen LogP contribution >= 0.6 is 0 Å². The van der Waals surface area contributed by atoms with E-state index in [1.165, 1.54) is 18.2 Å². The van der Waals surface area contributed by atoms with Crippen LogP contribution in [0.3, 0.4) is 0 Å². The molecule has 0 bridgehead atoms. The van der Waals surface area contributed by atoms with Crippen LogP contribution in [-0.2, 0) is 31.3 Å². The summed E-state index contributed by atoms with van der Waals surface area (Å²) in [5, 5.41) is 9.09. The van der Waals surface area contributed by atoms with E-state index in [0.29, 0.717) is 26.6 Å². The van der Waals surface area contributed by atoms with Crippen LogP contribution in [0.25, 0.3) is 11.1 Å². The Hall–Kier alpha value is -3.56. The molecule has 0 radical (unpaired) electrons. The van der Waals surface area contributed by atoms with Gasteiger partial charge in [0, 0.05) is 11.1 Å². The molecule has 3 N–H and O–H groups in total. The van der Waals surface area contributed by atoms with Gasteiger partial charge in [0.15, 0.2) is 0 Å². The van der Waals surface area contributed by atoms with Gasteiger partial charge in [0.25, 0.3) is 5.91 Å². The van der Waals surface area contributed by atoms with Crippen LogP contribution in [0, 0.1) is 11.3 Å². The van der Waals surface area contributed by atoms with Crippen LogP contribution in [0.4, 0.5) is 5.69 Å². The number of nitrogens with one attached hydrogen (secondary N) is 1. The molecule has 3 rings (SSSR count). The predicted molar refractivity (Wildman–Crippen MR) is 147 cm³/mol. The number of amides is 1. The Bertz CT molecular complexity index is 1590. The zero-order valence-electron chi connectivity index (χ0n) is 21.5. The fourth-order valence-electron chi connectivity index (χ4n) is 3.92. The van der Waals surface area contributed by atoms with E-state index < -0.39 is 37.5 Å². The molecular formula is C27H30N4O5S2. The molecule has 0 heterocycles. The van der Waals surface area contributed by atoms with Crippen molar-refractivity contribution in [3.8, 4) is 17.2 Å². The Morgan fingerprint density at radius 3 is 2.21 bits per heavy atom. The number of carbonyl (C=O) groups is 1. The third kappa shape index (κ3) is 7.05. The fraction of sp³-hybridized carbons (Fsp3) is 0.259. The van der Waals surface area contributed by atoms with E-state index in [2.05, 4.69) is 4.72 Å². The summed E-state index contributed by atoms with van der Waals surface area (Å²) in [7, 11) is -7.90. The molecule has 0 unspecified atom stereocenters. The van der Waals surface area contributed by atoms with Gasteiger partial charge in [0.05, 0.1) is 34.5 Å². The van der Waals surface area contributed by atoms with Gasteiger partial charge in [-0.3, -0.25) is 4.79 Å². The van der Waals surface area contributed by atoms with Crippen LogP contribution in [0.2, 0.25) is 0 Å². The summed E-state index contributed by atoms with van der Waals surface area (Å²) in [6.45, 7) is 5.22. The van der Waals surface area contributed by atoms with Gasteiger partial charge in [-0.2, -0.15) is 5.26 Å². The second-order valence-electron chi connectivity index (χ2n) is 9.89. The van der Waals surface area contributed by atoms with E-state index in [-0.39, 0.29) is 17.0 Å². The topological polar surface area (TPSA) is 150 Å². The number of hydrogen-bond donors (Lipinski definition) is 2. The lowest BCUT2D eigenvalue weighted by Gasteiger charge is -2.24. The maximum Gasteiger partial charge on any atom is 0.257 e. The quantitative estimate of drug-likeness (QED) is 0.434. The Morgan fingerprint density at radius 1 is 1.00 bits per heavy atom. The maximum absolute atomic E-state index is 13.2. The van der Waals surface area contributed by atoms with Gasteiger partial charge in [-0.25, -0.2) is 25.9 Å². The Balaban J connectivity index is 1.95. The highest BCUT2D eigenvalue weighted by molar-refractivity contribution is 7.92. The van der Waals surface area contributed by atoms with Gasteiger partial charge >= 0.3 is 0 Å². The van der Waals surface area contributed by atoms with Crippen molar-refractivity contribution in [3.05, 3.63) is 83.9 Å². The molecule has 9 nitrogen and oxygen atoms in total. The van der Waals surface area contributed by atoms with Gasteiger partial charge in [0.2, 0.25) is 20.0 Å². The number of hydrogen-bond acceptors (Lipinski definition) is 7. The first kappa shape index (κ1) is 29.0. The molecule has 1 amide bonds. The summed E-state index contributed by atoms with van der Waals surface area (Å²) < 4.78 is 54.6. The Labute approximate surface area is 224 Å². The molecule has 0 saturated heterocycles. The number of anilines is 1. The van der Waals surface area contributed by atoms with Crippen molar-refractivity contribution in [1.29, 1.82) is 5.26 Å². The molecule has 0 spiro atoms. The van der Waals surface area contributed by atoms with Crippen LogP contribution in [0.1, 0.15) is 31.9 Å². The Kier molecular flexibility index (Phi) is 8.43. The highest BCUT2D eigenvalue weighted by Gasteiger charge is 2.30. The number of nitrogens with zero attached hydrogens (tertiary/aromatic N) is 2. The van der Waals surface area contributed by atoms with Crippen molar-refractivity contribution in [2.45, 2.75) is 43.7 Å². The van der Waals surface area contributed by atoms with Crippen molar-refractivity contribution in [2.24, 2.45) is 5.73 Å². The van der Waals surface area contributed by atoms with Crippen molar-refractivity contribution in [1.82, 2.24) is 4.72 Å². The highest BCUT2D eigenvalue weighted by Crippen LogP contribution is 2.30. The van der Waals surface area contributed by atoms with Crippen molar-refractivity contribution in [2.75, 3.05) is 10.6 Å². The zero-order chi connectivity index (χ0) is 28.3. The van der Waals surface area contributed by atoms with E-state index >= 15 is 0 Å². The molecule has 0 fully saturated rings. The van der Waals surface area contributed by atoms with E-state index in [0.717, 1.165) is 6.26 Å². The average Bonchev–Trinajstić information content (AvgIpc) is 2.82. The fourth-order valence-corrected chi connectivity index (χ4v) is 6.53. The van der Waals surface area contributed by atoms with Crippen LogP contribution in [-0.4, -0.2) is 40.6 Å². The van der Waals surface area contributed by atoms with Gasteiger partial charge in [0.1, 0.15) is 0 Å². The lowest BCUT2D eigenvalue weighted by atomic mass is 10.0. The first-order chi connectivity index (χ1) is 17.6. The molecule has 0 saturated carbocycles. The molecule has 0 aliphatic heterocycles. The van der Waals surface area contributed by atoms with E-state index in [9.17, 15) is 21.6 Å². The normalized spacial score (nSPS) is 12.9. The molecule has 0 aromatic heterocycles. The molecule has 3 aromatic rings. The van der Waals surface area contributed by atoms with Gasteiger partial charge < -0.3 is 5.73 Å². The first-order valence-electron chi connectivity index (χ1n) is 11.6. The Morgan fingerprint density at radius 2 is 1.63 bits per heavy atom. The third-order valence-corrected chi connectivity index (χ3v) is 8.26. The van der Waals surface area contributed by atoms with Crippen molar-refractivity contribution in [3.63, 3.8) is 0 Å². The molecule has 1 atom stereocenters. The minimum Gasteiger partial charge on any atom is -0.320 e. The monoisotopic (exact) mass is 554 g/mol. The van der Waals surface area contributed by atoms with Gasteiger partial charge in [-0.05, 0) is 68.7 Å². The molecule has 3 aromatic carbocycles. The molecule has 0 aliphatic rings.